The highest BCUT2D eigenvalue weighted by Crippen LogP contribution is 2.07. The van der Waals surface area contributed by atoms with E-state index in [-0.39, 0.29) is 12.5 Å². The molecule has 0 aromatic carbocycles. The van der Waals surface area contributed by atoms with Gasteiger partial charge in [-0.25, -0.2) is 4.79 Å². The van der Waals surface area contributed by atoms with Gasteiger partial charge in [0.2, 0.25) is 5.91 Å². The number of hydrogen-bond donors (Lipinski definition) is 1. The first kappa shape index (κ1) is 10.7. The van der Waals surface area contributed by atoms with Crippen molar-refractivity contribution in [1.29, 1.82) is 0 Å². The summed E-state index contributed by atoms with van der Waals surface area (Å²) in [4.78, 5) is 37.7. The zero-order chi connectivity index (χ0) is 11.5. The van der Waals surface area contributed by atoms with Crippen LogP contribution in [0.4, 0.5) is 0 Å². The van der Waals surface area contributed by atoms with E-state index in [2.05, 4.69) is 4.98 Å². The van der Waals surface area contributed by atoms with Crippen LogP contribution < -0.4 is 11.2 Å². The molecule has 0 bridgehead atoms. The van der Waals surface area contributed by atoms with Gasteiger partial charge in [-0.1, -0.05) is 0 Å². The number of carbonyl (C=O) groups is 1. The first-order valence-corrected chi connectivity index (χ1v) is 5.24. The van der Waals surface area contributed by atoms with E-state index in [1.165, 1.54) is 16.8 Å². The summed E-state index contributed by atoms with van der Waals surface area (Å²) in [6.07, 6.45) is 3.38. The summed E-state index contributed by atoms with van der Waals surface area (Å²) in [6, 6.07) is 1.23. The average Bonchev–Trinajstić information content (AvgIpc) is 2.75. The lowest BCUT2D eigenvalue weighted by Gasteiger charge is -2.15. The van der Waals surface area contributed by atoms with Crippen LogP contribution in [0.15, 0.2) is 21.9 Å². The third-order valence-corrected chi connectivity index (χ3v) is 2.66. The topological polar surface area (TPSA) is 75.2 Å². The van der Waals surface area contributed by atoms with E-state index in [9.17, 15) is 14.4 Å². The molecule has 0 saturated carbocycles. The maximum atomic E-state index is 11.7. The van der Waals surface area contributed by atoms with E-state index in [1.807, 2.05) is 0 Å². The molecule has 0 spiro atoms. The van der Waals surface area contributed by atoms with Crippen molar-refractivity contribution in [3.8, 4) is 0 Å². The lowest BCUT2D eigenvalue weighted by molar-refractivity contribution is -0.130. The molecule has 1 fully saturated rings. The van der Waals surface area contributed by atoms with Gasteiger partial charge in [0.25, 0.3) is 5.56 Å². The fraction of sp³-hybridized carbons (Fsp3) is 0.500. The van der Waals surface area contributed by atoms with E-state index in [0.717, 1.165) is 25.9 Å². The molecule has 2 heterocycles. The third kappa shape index (κ3) is 2.21. The fourth-order valence-corrected chi connectivity index (χ4v) is 1.78. The van der Waals surface area contributed by atoms with Crippen LogP contribution in [0.25, 0.3) is 0 Å². The number of nitrogens with zero attached hydrogens (tertiary/aromatic N) is 2. The number of amides is 1. The molecular weight excluding hydrogens is 210 g/mol. The van der Waals surface area contributed by atoms with E-state index in [1.54, 1.807) is 4.90 Å². The van der Waals surface area contributed by atoms with Crippen LogP contribution in [0.3, 0.4) is 0 Å². The highest BCUT2D eigenvalue weighted by atomic mass is 16.2. The van der Waals surface area contributed by atoms with Gasteiger partial charge in [0.1, 0.15) is 6.54 Å². The van der Waals surface area contributed by atoms with E-state index in [4.69, 9.17) is 0 Å². The van der Waals surface area contributed by atoms with Crippen LogP contribution in [0.1, 0.15) is 12.8 Å². The molecule has 16 heavy (non-hydrogen) atoms. The minimum atomic E-state index is -0.542. The quantitative estimate of drug-likeness (QED) is 0.710. The number of aromatic amines is 1. The van der Waals surface area contributed by atoms with Crippen LogP contribution in [-0.4, -0.2) is 33.4 Å². The van der Waals surface area contributed by atoms with Gasteiger partial charge in [-0.15, -0.1) is 0 Å². The third-order valence-electron chi connectivity index (χ3n) is 2.66. The molecule has 6 nitrogen and oxygen atoms in total. The number of nitrogens with one attached hydrogen (secondary N) is 1. The normalized spacial score (nSPS) is 15.4. The Morgan fingerprint density at radius 2 is 2.00 bits per heavy atom. The van der Waals surface area contributed by atoms with Crippen LogP contribution in [0.5, 0.6) is 0 Å². The Hall–Kier alpha value is -1.85. The molecule has 1 saturated heterocycles. The maximum absolute atomic E-state index is 11.7. The highest BCUT2D eigenvalue weighted by Gasteiger charge is 2.18. The molecule has 0 atom stereocenters. The van der Waals surface area contributed by atoms with Crippen LogP contribution in [-0.2, 0) is 11.3 Å². The smallest absolute Gasteiger partial charge is 0.328 e. The number of aromatic nitrogens is 2. The van der Waals surface area contributed by atoms with Crippen molar-refractivity contribution in [2.75, 3.05) is 13.1 Å². The molecule has 1 aliphatic heterocycles. The zero-order valence-corrected chi connectivity index (χ0v) is 8.81. The minimum absolute atomic E-state index is 0.00435. The first-order valence-electron chi connectivity index (χ1n) is 5.24. The molecule has 86 valence electrons. The number of H-pyrrole nitrogens is 1. The SMILES string of the molecule is O=C(Cn1ccc(=O)[nH]c1=O)N1CCCC1. The molecule has 0 radical (unpaired) electrons. The van der Waals surface area contributed by atoms with Crippen molar-refractivity contribution in [2.45, 2.75) is 19.4 Å². The molecule has 6 heteroatoms. The Morgan fingerprint density at radius 1 is 1.31 bits per heavy atom. The molecule has 0 aliphatic carbocycles. The first-order chi connectivity index (χ1) is 7.66. The van der Waals surface area contributed by atoms with Crippen molar-refractivity contribution in [2.24, 2.45) is 0 Å². The summed E-state index contributed by atoms with van der Waals surface area (Å²) in [5, 5.41) is 0. The van der Waals surface area contributed by atoms with E-state index < -0.39 is 11.2 Å². The van der Waals surface area contributed by atoms with Gasteiger partial charge in [-0.3, -0.25) is 19.1 Å². The van der Waals surface area contributed by atoms with Gasteiger partial charge in [-0.2, -0.15) is 0 Å². The summed E-state index contributed by atoms with van der Waals surface area (Å²) in [5.74, 6) is -0.0772. The summed E-state index contributed by atoms with van der Waals surface area (Å²) >= 11 is 0. The number of hydrogen-bond acceptors (Lipinski definition) is 3. The summed E-state index contributed by atoms with van der Waals surface area (Å²) in [6.45, 7) is 1.52. The lowest BCUT2D eigenvalue weighted by atomic mass is 10.4. The Labute approximate surface area is 91.5 Å². The van der Waals surface area contributed by atoms with Crippen LogP contribution in [0, 0.1) is 0 Å². The van der Waals surface area contributed by atoms with Crippen molar-refractivity contribution in [3.63, 3.8) is 0 Å². The molecule has 1 amide bonds. The predicted octanol–water partition coefficient (Wildman–Crippen LogP) is -0.841. The van der Waals surface area contributed by atoms with Gasteiger partial charge >= 0.3 is 5.69 Å². The average molecular weight is 223 g/mol. The fourth-order valence-electron chi connectivity index (χ4n) is 1.78. The zero-order valence-electron chi connectivity index (χ0n) is 8.81. The molecule has 1 aromatic heterocycles. The van der Waals surface area contributed by atoms with Crippen LogP contribution >= 0.6 is 0 Å². The number of likely N-dealkylation sites (tertiary alicyclic amines) is 1. The van der Waals surface area contributed by atoms with Gasteiger partial charge < -0.3 is 4.90 Å². The number of rotatable bonds is 2. The minimum Gasteiger partial charge on any atom is -0.341 e. The maximum Gasteiger partial charge on any atom is 0.328 e. The van der Waals surface area contributed by atoms with Crippen molar-refractivity contribution in [3.05, 3.63) is 33.1 Å². The van der Waals surface area contributed by atoms with Crippen molar-refractivity contribution >= 4 is 5.91 Å². The summed E-state index contributed by atoms with van der Waals surface area (Å²) < 4.78 is 1.21. The molecule has 1 aromatic rings. The van der Waals surface area contributed by atoms with Crippen molar-refractivity contribution < 1.29 is 4.79 Å². The molecule has 0 unspecified atom stereocenters. The second-order valence-electron chi connectivity index (χ2n) is 3.83. The highest BCUT2D eigenvalue weighted by molar-refractivity contribution is 5.76. The van der Waals surface area contributed by atoms with Gasteiger partial charge in [-0.05, 0) is 12.8 Å². The molecular formula is C10H13N3O3. The summed E-state index contributed by atoms with van der Waals surface area (Å²) in [7, 11) is 0. The van der Waals surface area contributed by atoms with E-state index in [0.29, 0.717) is 0 Å². The molecule has 1 N–H and O–H groups in total. The Kier molecular flexibility index (Phi) is 2.89. The lowest BCUT2D eigenvalue weighted by Crippen LogP contribution is -2.36. The van der Waals surface area contributed by atoms with Gasteiger partial charge in [0.15, 0.2) is 0 Å². The van der Waals surface area contributed by atoms with Crippen LogP contribution in [0.2, 0.25) is 0 Å². The second kappa shape index (κ2) is 4.34. The van der Waals surface area contributed by atoms with Gasteiger partial charge in [0.05, 0.1) is 0 Å². The largest absolute Gasteiger partial charge is 0.341 e. The summed E-state index contributed by atoms with van der Waals surface area (Å²) in [5.41, 5.74) is -0.991. The standard InChI is InChI=1S/C10H13N3O3/c14-8-3-6-13(10(16)11-8)7-9(15)12-4-1-2-5-12/h3,6H,1-2,4-5,7H2,(H,11,14,16). The van der Waals surface area contributed by atoms with Crippen molar-refractivity contribution in [1.82, 2.24) is 14.5 Å². The van der Waals surface area contributed by atoms with Gasteiger partial charge in [0, 0.05) is 25.4 Å². The van der Waals surface area contributed by atoms with E-state index >= 15 is 0 Å². The number of carbonyl (C=O) groups excluding carboxylic acids is 1. The molecule has 2 rings (SSSR count). The molecule has 1 aliphatic rings. The Bertz CT molecular complexity index is 497. The monoisotopic (exact) mass is 223 g/mol. The predicted molar refractivity (Wildman–Crippen MR) is 57.1 cm³/mol. The Morgan fingerprint density at radius 3 is 2.62 bits per heavy atom. The Balaban J connectivity index is 2.11. The second-order valence-corrected chi connectivity index (χ2v) is 3.83.